The van der Waals surface area contributed by atoms with E-state index in [2.05, 4.69) is 9.97 Å². The maximum absolute atomic E-state index is 13.4. The molecular weight excluding hydrogens is 417 g/mol. The Hall–Kier alpha value is -3.39. The molecule has 0 bridgehead atoms. The number of aliphatic hydroxyl groups excluding tert-OH is 1. The number of ketones is 1. The third-order valence-electron chi connectivity index (χ3n) is 5.23. The van der Waals surface area contributed by atoms with Gasteiger partial charge in [0, 0.05) is 18.9 Å². The summed E-state index contributed by atoms with van der Waals surface area (Å²) < 4.78 is 13.2. The van der Waals surface area contributed by atoms with Gasteiger partial charge in [-0.2, -0.15) is 0 Å². The molecule has 6 nitrogen and oxygen atoms in total. The molecule has 1 aromatic carbocycles. The Morgan fingerprint density at radius 1 is 1.16 bits per heavy atom. The number of hydrogen-bond acceptors (Lipinski definition) is 6. The van der Waals surface area contributed by atoms with E-state index >= 15 is 0 Å². The predicted molar refractivity (Wildman–Crippen MR) is 114 cm³/mol. The maximum Gasteiger partial charge on any atom is 0.290 e. The second kappa shape index (κ2) is 8.39. The molecule has 1 N–H and O–H groups in total. The molecule has 0 aliphatic carbocycles. The first-order chi connectivity index (χ1) is 14.9. The van der Waals surface area contributed by atoms with Crippen molar-refractivity contribution in [3.8, 4) is 0 Å². The Labute approximate surface area is 182 Å². The first kappa shape index (κ1) is 20.9. The van der Waals surface area contributed by atoms with E-state index < -0.39 is 23.5 Å². The number of rotatable bonds is 6. The van der Waals surface area contributed by atoms with Crippen LogP contribution in [-0.2, 0) is 11.2 Å². The number of carbonyl (C=O) groups excluding carboxylic acids is 2. The van der Waals surface area contributed by atoms with E-state index in [4.69, 9.17) is 0 Å². The van der Waals surface area contributed by atoms with Crippen molar-refractivity contribution in [2.75, 3.05) is 6.54 Å². The standard InChI is InChI=1S/C23H20FN3O3S/c1-13-22(31-14(2)26-13)20(28)18-19(16-7-10-25-11-8-16)27(23(30)21(18)29)12-9-15-3-5-17(24)6-4-15/h3-8,10-11,19,29H,9,12H2,1-2H3. The first-order valence-electron chi connectivity index (χ1n) is 9.74. The number of aromatic nitrogens is 2. The van der Waals surface area contributed by atoms with E-state index in [0.717, 1.165) is 10.6 Å². The minimum absolute atomic E-state index is 0.0436. The SMILES string of the molecule is Cc1nc(C)c(C(=O)C2=C(O)C(=O)N(CCc3ccc(F)cc3)C2c2ccncc2)s1. The van der Waals surface area contributed by atoms with Crippen molar-refractivity contribution in [3.63, 3.8) is 0 Å². The van der Waals surface area contributed by atoms with E-state index in [9.17, 15) is 19.1 Å². The molecule has 3 aromatic rings. The first-order valence-corrected chi connectivity index (χ1v) is 10.6. The van der Waals surface area contributed by atoms with E-state index in [-0.39, 0.29) is 17.9 Å². The minimum atomic E-state index is -0.745. The summed E-state index contributed by atoms with van der Waals surface area (Å²) in [5.41, 5.74) is 2.13. The molecule has 0 spiro atoms. The molecule has 4 rings (SSSR count). The van der Waals surface area contributed by atoms with E-state index in [1.807, 2.05) is 0 Å². The summed E-state index contributed by atoms with van der Waals surface area (Å²) in [5, 5.41) is 11.4. The van der Waals surface area contributed by atoms with Crippen molar-refractivity contribution in [2.45, 2.75) is 26.3 Å². The summed E-state index contributed by atoms with van der Waals surface area (Å²) >= 11 is 1.24. The van der Waals surface area contributed by atoms with Gasteiger partial charge in [-0.15, -0.1) is 11.3 Å². The smallest absolute Gasteiger partial charge is 0.290 e. The average Bonchev–Trinajstić information content (AvgIpc) is 3.23. The largest absolute Gasteiger partial charge is 0.503 e. The molecule has 8 heteroatoms. The number of aliphatic hydroxyl groups is 1. The van der Waals surface area contributed by atoms with Crippen LogP contribution in [0.15, 0.2) is 60.1 Å². The van der Waals surface area contributed by atoms with Crippen LogP contribution in [0.3, 0.4) is 0 Å². The quantitative estimate of drug-likeness (QED) is 0.587. The average molecular weight is 437 g/mol. The van der Waals surface area contributed by atoms with Crippen LogP contribution in [-0.4, -0.2) is 38.2 Å². The van der Waals surface area contributed by atoms with Crippen molar-refractivity contribution in [3.05, 3.63) is 92.6 Å². The highest BCUT2D eigenvalue weighted by atomic mass is 32.1. The number of halogens is 1. The van der Waals surface area contributed by atoms with Crippen molar-refractivity contribution in [1.29, 1.82) is 0 Å². The molecule has 1 atom stereocenters. The van der Waals surface area contributed by atoms with Crippen LogP contribution in [0.1, 0.15) is 37.5 Å². The number of hydrogen-bond donors (Lipinski definition) is 1. The number of pyridine rings is 1. The molecule has 31 heavy (non-hydrogen) atoms. The maximum atomic E-state index is 13.4. The zero-order valence-corrected chi connectivity index (χ0v) is 17.8. The molecular formula is C23H20FN3O3S. The molecule has 0 radical (unpaired) electrons. The summed E-state index contributed by atoms with van der Waals surface area (Å²) in [6, 6.07) is 8.73. The van der Waals surface area contributed by atoms with E-state index in [0.29, 0.717) is 22.6 Å². The van der Waals surface area contributed by atoms with Gasteiger partial charge >= 0.3 is 0 Å². The van der Waals surface area contributed by atoms with E-state index in [1.54, 1.807) is 50.5 Å². The molecule has 158 valence electrons. The van der Waals surface area contributed by atoms with Crippen LogP contribution in [0.25, 0.3) is 0 Å². The Kier molecular flexibility index (Phi) is 5.65. The van der Waals surface area contributed by atoms with Crippen LogP contribution in [0.4, 0.5) is 4.39 Å². The molecule has 3 heterocycles. The van der Waals surface area contributed by atoms with Gasteiger partial charge in [-0.3, -0.25) is 14.6 Å². The highest BCUT2D eigenvalue weighted by molar-refractivity contribution is 7.14. The Bertz CT molecular complexity index is 1170. The predicted octanol–water partition coefficient (Wildman–Crippen LogP) is 4.12. The highest BCUT2D eigenvalue weighted by Crippen LogP contribution is 2.40. The molecule has 1 unspecified atom stereocenters. The van der Waals surface area contributed by atoms with Gasteiger partial charge in [0.05, 0.1) is 27.2 Å². The number of nitrogens with zero attached hydrogens (tertiary/aromatic N) is 3. The summed E-state index contributed by atoms with van der Waals surface area (Å²) in [7, 11) is 0. The van der Waals surface area contributed by atoms with E-state index in [1.165, 1.54) is 28.4 Å². The van der Waals surface area contributed by atoms with Gasteiger partial charge in [0.15, 0.2) is 5.76 Å². The van der Waals surface area contributed by atoms with Crippen LogP contribution in [0, 0.1) is 19.7 Å². The fourth-order valence-corrected chi connectivity index (χ4v) is 4.65. The van der Waals surface area contributed by atoms with Crippen LogP contribution in [0.5, 0.6) is 0 Å². The Morgan fingerprint density at radius 3 is 2.45 bits per heavy atom. The number of thiazole rings is 1. The fraction of sp³-hybridized carbons (Fsp3) is 0.217. The van der Waals surface area contributed by atoms with Gasteiger partial charge in [0.25, 0.3) is 5.91 Å². The van der Waals surface area contributed by atoms with Gasteiger partial charge in [0.1, 0.15) is 5.82 Å². The fourth-order valence-electron chi connectivity index (χ4n) is 3.77. The molecule has 2 aromatic heterocycles. The number of benzene rings is 1. The van der Waals surface area contributed by atoms with Crippen molar-refractivity contribution in [1.82, 2.24) is 14.9 Å². The zero-order valence-electron chi connectivity index (χ0n) is 17.0. The topological polar surface area (TPSA) is 83.4 Å². The second-order valence-electron chi connectivity index (χ2n) is 7.30. The number of amides is 1. The van der Waals surface area contributed by atoms with Crippen molar-refractivity contribution in [2.24, 2.45) is 0 Å². The zero-order chi connectivity index (χ0) is 22.1. The molecule has 0 saturated carbocycles. The third kappa shape index (κ3) is 3.98. The number of Topliss-reactive ketones (excluding diaryl/α,β-unsaturated/α-hetero) is 1. The molecule has 1 aliphatic rings. The number of aryl methyl sites for hydroxylation is 2. The lowest BCUT2D eigenvalue weighted by Crippen LogP contribution is -2.33. The Balaban J connectivity index is 1.71. The molecule has 0 fully saturated rings. The normalized spacial score (nSPS) is 16.3. The summed E-state index contributed by atoms with van der Waals surface area (Å²) in [6.07, 6.45) is 3.61. The van der Waals surface area contributed by atoms with Gasteiger partial charge in [-0.25, -0.2) is 9.37 Å². The molecule has 0 saturated heterocycles. The molecule has 1 aliphatic heterocycles. The summed E-state index contributed by atoms with van der Waals surface area (Å²) in [4.78, 5) is 36.6. The van der Waals surface area contributed by atoms with Gasteiger partial charge in [0.2, 0.25) is 5.78 Å². The van der Waals surface area contributed by atoms with Gasteiger partial charge < -0.3 is 10.0 Å². The van der Waals surface area contributed by atoms with Crippen LogP contribution >= 0.6 is 11.3 Å². The summed E-state index contributed by atoms with van der Waals surface area (Å²) in [6.45, 7) is 3.79. The third-order valence-corrected chi connectivity index (χ3v) is 6.31. The van der Waals surface area contributed by atoms with Crippen molar-refractivity contribution >= 4 is 23.0 Å². The lowest BCUT2D eigenvalue weighted by atomic mass is 9.95. The lowest BCUT2D eigenvalue weighted by Gasteiger charge is -2.26. The monoisotopic (exact) mass is 437 g/mol. The minimum Gasteiger partial charge on any atom is -0.503 e. The second-order valence-corrected chi connectivity index (χ2v) is 8.50. The van der Waals surface area contributed by atoms with Gasteiger partial charge in [-0.1, -0.05) is 12.1 Å². The Morgan fingerprint density at radius 2 is 1.84 bits per heavy atom. The lowest BCUT2D eigenvalue weighted by molar-refractivity contribution is -0.129. The van der Waals surface area contributed by atoms with Crippen LogP contribution < -0.4 is 0 Å². The highest BCUT2D eigenvalue weighted by Gasteiger charge is 2.44. The number of carbonyl (C=O) groups is 2. The van der Waals surface area contributed by atoms with Crippen LogP contribution in [0.2, 0.25) is 0 Å². The molecule has 1 amide bonds. The summed E-state index contributed by atoms with van der Waals surface area (Å²) in [5.74, 6) is -1.89. The van der Waals surface area contributed by atoms with Gasteiger partial charge in [-0.05, 0) is 55.7 Å². The van der Waals surface area contributed by atoms with Crippen molar-refractivity contribution < 1.29 is 19.1 Å².